The fourth-order valence-corrected chi connectivity index (χ4v) is 21.9. The molecule has 9 aliphatic rings. The van der Waals surface area contributed by atoms with E-state index < -0.39 is 0 Å². The van der Waals surface area contributed by atoms with Gasteiger partial charge in [0.15, 0.2) is 0 Å². The van der Waals surface area contributed by atoms with Gasteiger partial charge < -0.3 is 58.7 Å². The number of fused-ring (bicyclic) bond motifs is 25. The molecule has 750 valence electrons. The third-order valence-corrected chi connectivity index (χ3v) is 30.5. The predicted octanol–water partition coefficient (Wildman–Crippen LogP) is 30.8. The molecule has 3 atom stereocenters. The van der Waals surface area contributed by atoms with Crippen LogP contribution in [0.5, 0.6) is 0 Å². The summed E-state index contributed by atoms with van der Waals surface area (Å²) >= 11 is 0. The molecule has 22 heteroatoms. The zero-order valence-electron chi connectivity index (χ0n) is 88.9. The van der Waals surface area contributed by atoms with Gasteiger partial charge in [-0.15, -0.1) is 0 Å². The summed E-state index contributed by atoms with van der Waals surface area (Å²) in [6, 6.07) is 25.2. The van der Waals surface area contributed by atoms with Gasteiger partial charge in [0.1, 0.15) is 34.7 Å². The maximum atomic E-state index is 12.1. The Morgan fingerprint density at radius 3 is 0.896 bits per heavy atom. The number of ketones is 6. The summed E-state index contributed by atoms with van der Waals surface area (Å²) in [6.07, 6.45) is 27.2. The van der Waals surface area contributed by atoms with E-state index in [0.717, 1.165) is 289 Å². The number of carbonyl (C=O) groups excluding carboxylic acids is 6. The maximum absolute atomic E-state index is 12.1. The fraction of sp³-hybridized carbons (Fsp3) is 0.410. The molecule has 16 heterocycles. The van der Waals surface area contributed by atoms with Gasteiger partial charge in [0.2, 0.25) is 0 Å². The van der Waals surface area contributed by atoms with Crippen LogP contribution in [0.1, 0.15) is 374 Å². The van der Waals surface area contributed by atoms with Crippen molar-refractivity contribution in [3.05, 3.63) is 228 Å². The third kappa shape index (κ3) is 23.3. The number of hydrogen-bond donors (Lipinski definition) is 7. The molecule has 0 saturated heterocycles. The molecular weight excluding hydrogens is 1790 g/mol. The van der Waals surface area contributed by atoms with Gasteiger partial charge in [0, 0.05) is 127 Å². The van der Waals surface area contributed by atoms with Crippen molar-refractivity contribution in [1.82, 2.24) is 59.8 Å². The monoisotopic (exact) mass is 1930 g/mol. The quantitative estimate of drug-likeness (QED) is 0.0178. The molecule has 24 bridgehead atoms. The molecule has 0 radical (unpaired) electrons. The minimum absolute atomic E-state index is 0.0370. The third-order valence-electron chi connectivity index (χ3n) is 30.5. The van der Waals surface area contributed by atoms with E-state index in [1.54, 1.807) is 67.2 Å². The van der Waals surface area contributed by atoms with Gasteiger partial charge >= 0.3 is 0 Å². The molecule has 2 aliphatic carbocycles. The van der Waals surface area contributed by atoms with Crippen LogP contribution in [0, 0.1) is 58.9 Å². The molecule has 9 aromatic rings. The maximum Gasteiger partial charge on any atom is 0.130 e. The van der Waals surface area contributed by atoms with E-state index in [9.17, 15) is 28.8 Å². The fourth-order valence-electron chi connectivity index (χ4n) is 21.9. The molecule has 0 amide bonds. The van der Waals surface area contributed by atoms with Crippen LogP contribution in [-0.2, 0) is 48.0 Å². The molecule has 9 aromatic heterocycles. The molecule has 2 fully saturated rings. The number of aryl methyl sites for hydroxylation is 9. The number of carbonyl (C=O) groups is 6. The summed E-state index contributed by atoms with van der Waals surface area (Å²) in [5, 5.41) is 12.4. The van der Waals surface area contributed by atoms with E-state index in [1.165, 1.54) is 42.2 Å². The lowest BCUT2D eigenvalue weighted by Crippen LogP contribution is -2.12. The highest BCUT2D eigenvalue weighted by Gasteiger charge is 2.33. The first-order valence-electron chi connectivity index (χ1n) is 52.1. The Morgan fingerprint density at radius 2 is 0.597 bits per heavy atom. The van der Waals surface area contributed by atoms with Crippen molar-refractivity contribution in [2.24, 2.45) is 27.2 Å². The van der Waals surface area contributed by atoms with Crippen molar-refractivity contribution in [1.29, 1.82) is 5.53 Å². The van der Waals surface area contributed by atoms with Gasteiger partial charge in [-0.1, -0.05) is 110 Å². The van der Waals surface area contributed by atoms with Crippen molar-refractivity contribution in [3.8, 4) is 0 Å². The Labute approximate surface area is 848 Å². The standard InChI is InChI=1S/C37H40N6O2.C37H42N6O2.C37H42N4O2.C9H16.C2H6/c1-8-25-21(4)31-17-36-37(28-13-14-38-43-28)24(7)32(42-36)15-29-22(5)26(11-9-19(2)44)34(40-29)18-35-27(12-10-20(3)45)23(6)30(41-35)16-33(25)39-31;1-8-26-22(4)32-18-35-27(10-9-15-39-38)23(5)30(41-35)16-31-24(6)28(13-11-20(2)44)36(42-31)19-37-29(14-12-21(3)45)25(7)33(43-37)17-34(26)40-32;1-9-11-27-23(6)30-16-31-24(7)28(14-12-20(3)42)36(40-31)19-37-29(15-13-21(4)43)25(8)33(41-37)17-34-26(10-2)22(5)32(38-34)18-35(27)39-30;1-2-5-9-7-3-6-8(9)4-1;1-2/h8,15-18,28,39,41H,1,9-14H2,2-7H3;8,16-19,38,40,43H,1,9-15H2,2-7H3;10,16-19,38,41H,2,9,11-15H2,1,3-8H3;8-9H,1-7H2;1-2H3. The van der Waals surface area contributed by atoms with Crippen LogP contribution < -0.4 is 0 Å². The van der Waals surface area contributed by atoms with Crippen LogP contribution in [0.15, 0.2) is 108 Å². The number of nitrogens with one attached hydrogen (secondary N) is 7. The molecule has 0 aromatic carbocycles. The summed E-state index contributed by atoms with van der Waals surface area (Å²) in [4.78, 5) is 125. The van der Waals surface area contributed by atoms with Crippen LogP contribution in [0.4, 0.5) is 0 Å². The van der Waals surface area contributed by atoms with E-state index in [0.29, 0.717) is 90.1 Å². The molecule has 18 rings (SSSR count). The lowest BCUT2D eigenvalue weighted by Gasteiger charge is -2.24. The van der Waals surface area contributed by atoms with Gasteiger partial charge in [-0.2, -0.15) is 15.3 Å². The number of nitrogens with zero attached hydrogens (tertiary/aromatic N) is 9. The second-order valence-corrected chi connectivity index (χ2v) is 40.3. The SMILES string of the molecule is C1CCC2CCCC2C1.C=Cc1c(C)c2cc3nc(cc4nc(cc5[nH]c(cc1[nH]2)c(C)c5CCC(C)=O)C(CCC(C)=O)=C4C)C(C)=C3C1CCN=N1.C=Cc1c(C)c2cc3nc(cc4nc(cc5[nH]c(cc1[nH]2)c(C)c5CCC(C)=O)C(CCC(C)=O)=C4C)C(C)=C3CCC.C=Cc1c(C)c2cc3nc(cc4nc(cc5[nH]c(cc1[nH]2)c(C)c5CCC(C)=O)C(CCC(C)=O)=C4C)C(C)=C3CCCN=N.CC. The molecule has 7 aliphatic heterocycles. The molecule has 22 nitrogen and oxygen atoms in total. The lowest BCUT2D eigenvalue weighted by atomic mass is 9.82. The van der Waals surface area contributed by atoms with Crippen LogP contribution in [0.3, 0.4) is 0 Å². The lowest BCUT2D eigenvalue weighted by molar-refractivity contribution is -0.117. The Kier molecular flexibility index (Phi) is 34.4. The van der Waals surface area contributed by atoms with Gasteiger partial charge in [-0.3, -0.25) is 0 Å². The average Bonchev–Trinajstić information content (AvgIpc) is 1.62. The van der Waals surface area contributed by atoms with E-state index >= 15 is 0 Å². The molecule has 2 saturated carbocycles. The van der Waals surface area contributed by atoms with Gasteiger partial charge in [-0.05, 0) is 385 Å². The van der Waals surface area contributed by atoms with Crippen LogP contribution in [0.2, 0.25) is 0 Å². The molecule has 144 heavy (non-hydrogen) atoms. The van der Waals surface area contributed by atoms with Gasteiger partial charge in [-0.25, -0.2) is 35.4 Å². The van der Waals surface area contributed by atoms with Crippen molar-refractivity contribution in [2.75, 3.05) is 13.1 Å². The van der Waals surface area contributed by atoms with Crippen molar-refractivity contribution in [2.45, 2.75) is 306 Å². The first kappa shape index (κ1) is 106. The summed E-state index contributed by atoms with van der Waals surface area (Å²) in [5.41, 5.74) is 55.3. The number of azo groups is 1. The summed E-state index contributed by atoms with van der Waals surface area (Å²) in [7, 11) is 0. The highest BCUT2D eigenvalue weighted by molar-refractivity contribution is 6.02. The number of Topliss-reactive ketones (excluding diaryl/α,β-unsaturated/α-hetero) is 6. The van der Waals surface area contributed by atoms with E-state index in [2.05, 4.69) is 228 Å². The zero-order valence-corrected chi connectivity index (χ0v) is 88.9. The number of aromatic amines is 6. The number of hydrogen-bond acceptors (Lipinski definition) is 16. The van der Waals surface area contributed by atoms with Crippen LogP contribution in [-0.4, -0.2) is 114 Å². The average molecular weight is 1930 g/mol. The first-order chi connectivity index (χ1) is 69.0. The largest absolute Gasteiger partial charge is 0.355 e. The summed E-state index contributed by atoms with van der Waals surface area (Å²) in [5.74, 6) is 3.21. The van der Waals surface area contributed by atoms with E-state index in [4.69, 9.17) is 35.4 Å². The van der Waals surface area contributed by atoms with Crippen LogP contribution in [0.25, 0.3) is 151 Å². The first-order valence-corrected chi connectivity index (χ1v) is 52.1. The van der Waals surface area contributed by atoms with Crippen molar-refractivity contribution < 1.29 is 28.8 Å². The number of rotatable bonds is 28. The second kappa shape index (κ2) is 46.7. The molecule has 7 N–H and O–H groups in total. The normalized spacial score (nSPS) is 15.8. The zero-order chi connectivity index (χ0) is 104. The number of H-pyrrole nitrogens is 6. The van der Waals surface area contributed by atoms with E-state index in [1.807, 2.05) is 32.1 Å². The minimum Gasteiger partial charge on any atom is -0.355 e. The molecular formula is C122H146N16O6. The van der Waals surface area contributed by atoms with Gasteiger partial charge in [0.05, 0.1) is 87.5 Å². The highest BCUT2D eigenvalue weighted by atomic mass is 16.1. The Bertz CT molecular complexity index is 7510. The van der Waals surface area contributed by atoms with Crippen LogP contribution >= 0.6 is 0 Å². The Balaban J connectivity index is 0.000000162. The minimum atomic E-state index is -0.0370. The van der Waals surface area contributed by atoms with E-state index in [-0.39, 0.29) is 40.7 Å². The van der Waals surface area contributed by atoms with Crippen molar-refractivity contribution >= 4 is 186 Å². The smallest absolute Gasteiger partial charge is 0.130 e. The predicted molar refractivity (Wildman–Crippen MR) is 596 cm³/mol. The number of aromatic nitrogens is 12. The molecule has 3 unspecified atom stereocenters. The highest BCUT2D eigenvalue weighted by Crippen LogP contribution is 2.46. The Hall–Kier alpha value is -13.8. The summed E-state index contributed by atoms with van der Waals surface area (Å²) in [6.45, 7) is 54.7. The Morgan fingerprint density at radius 1 is 0.326 bits per heavy atom. The second-order valence-electron chi connectivity index (χ2n) is 40.3. The van der Waals surface area contributed by atoms with Gasteiger partial charge in [0.25, 0.3) is 0 Å². The number of allylic oxidation sites excluding steroid dienone is 11. The van der Waals surface area contributed by atoms with Crippen molar-refractivity contribution in [3.63, 3.8) is 0 Å². The molecule has 0 spiro atoms. The topological polar surface area (TPSA) is 335 Å². The summed E-state index contributed by atoms with van der Waals surface area (Å²) < 4.78 is 0.